The maximum Gasteiger partial charge on any atom is 0.122 e. The highest BCUT2D eigenvalue weighted by molar-refractivity contribution is 5.37. The van der Waals surface area contributed by atoms with Crippen LogP contribution in [-0.2, 0) is 4.74 Å². The van der Waals surface area contributed by atoms with E-state index in [-0.39, 0.29) is 0 Å². The molecule has 1 saturated carbocycles. The summed E-state index contributed by atoms with van der Waals surface area (Å²) < 4.78 is 11.0. The molecule has 0 bridgehead atoms. The van der Waals surface area contributed by atoms with Gasteiger partial charge in [-0.25, -0.2) is 0 Å². The Labute approximate surface area is 122 Å². The zero-order valence-corrected chi connectivity index (χ0v) is 12.5. The van der Waals surface area contributed by atoms with Crippen LogP contribution in [0.3, 0.4) is 0 Å². The zero-order valence-electron chi connectivity index (χ0n) is 12.5. The quantitative estimate of drug-likeness (QED) is 0.640. The van der Waals surface area contributed by atoms with Gasteiger partial charge < -0.3 is 15.2 Å². The lowest BCUT2D eigenvalue weighted by Gasteiger charge is -2.26. The molecule has 2 atom stereocenters. The maximum absolute atomic E-state index is 6.01. The van der Waals surface area contributed by atoms with Crippen LogP contribution in [0.2, 0.25) is 0 Å². The van der Waals surface area contributed by atoms with Gasteiger partial charge >= 0.3 is 0 Å². The molecule has 1 aliphatic carbocycles. The molecule has 20 heavy (non-hydrogen) atoms. The first-order valence-electron chi connectivity index (χ1n) is 7.77. The standard InChI is InChI=1S/C17H27NO2/c1-19-11-12-20-17-10-6-5-9-16(17)15-8-4-2-3-7-14(15)13-18/h5-6,9-10,14-15H,2-4,7-8,11-13,18H2,1H3. The Kier molecular flexibility index (Phi) is 6.34. The van der Waals surface area contributed by atoms with Crippen molar-refractivity contribution in [3.05, 3.63) is 29.8 Å². The van der Waals surface area contributed by atoms with Crippen LogP contribution in [0.25, 0.3) is 0 Å². The molecule has 1 aliphatic rings. The number of ether oxygens (including phenoxy) is 2. The first-order valence-corrected chi connectivity index (χ1v) is 7.77. The lowest BCUT2D eigenvalue weighted by molar-refractivity contribution is 0.145. The molecule has 1 fully saturated rings. The third kappa shape index (κ3) is 3.97. The van der Waals surface area contributed by atoms with Crippen molar-refractivity contribution in [2.24, 2.45) is 11.7 Å². The molecule has 2 N–H and O–H groups in total. The normalized spacial score (nSPS) is 23.3. The highest BCUT2D eigenvalue weighted by atomic mass is 16.5. The Balaban J connectivity index is 2.16. The summed E-state index contributed by atoms with van der Waals surface area (Å²) in [5.41, 5.74) is 7.35. The molecule has 1 aromatic rings. The molecule has 0 spiro atoms. The maximum atomic E-state index is 6.01. The number of nitrogens with two attached hydrogens (primary N) is 1. The van der Waals surface area contributed by atoms with E-state index in [1.807, 2.05) is 6.07 Å². The smallest absolute Gasteiger partial charge is 0.122 e. The van der Waals surface area contributed by atoms with E-state index in [1.165, 1.54) is 37.7 Å². The lowest BCUT2D eigenvalue weighted by atomic mass is 9.82. The number of hydrogen-bond donors (Lipinski definition) is 1. The Hall–Kier alpha value is -1.06. The Morgan fingerprint density at radius 1 is 1.10 bits per heavy atom. The van der Waals surface area contributed by atoms with Gasteiger partial charge in [0.1, 0.15) is 12.4 Å². The highest BCUT2D eigenvalue weighted by Gasteiger charge is 2.26. The fourth-order valence-electron chi connectivity index (χ4n) is 3.23. The summed E-state index contributed by atoms with van der Waals surface area (Å²) in [5.74, 6) is 2.14. The van der Waals surface area contributed by atoms with Crippen LogP contribution in [-0.4, -0.2) is 26.9 Å². The van der Waals surface area contributed by atoms with Crippen molar-refractivity contribution < 1.29 is 9.47 Å². The Morgan fingerprint density at radius 3 is 2.70 bits per heavy atom. The Morgan fingerprint density at radius 2 is 1.90 bits per heavy atom. The third-order valence-electron chi connectivity index (χ3n) is 4.33. The van der Waals surface area contributed by atoms with Crippen LogP contribution in [0.5, 0.6) is 5.75 Å². The van der Waals surface area contributed by atoms with Crippen LogP contribution >= 0.6 is 0 Å². The summed E-state index contributed by atoms with van der Waals surface area (Å²) in [5, 5.41) is 0. The molecular formula is C17H27NO2. The number of para-hydroxylation sites is 1. The minimum absolute atomic E-state index is 0.543. The van der Waals surface area contributed by atoms with Crippen LogP contribution < -0.4 is 10.5 Å². The summed E-state index contributed by atoms with van der Waals surface area (Å²) >= 11 is 0. The van der Waals surface area contributed by atoms with Gasteiger partial charge in [0.25, 0.3) is 0 Å². The molecule has 2 rings (SSSR count). The van der Waals surface area contributed by atoms with E-state index in [9.17, 15) is 0 Å². The SMILES string of the molecule is COCCOc1ccccc1C1CCCCCC1CN. The second kappa shape index (κ2) is 8.28. The second-order valence-corrected chi connectivity index (χ2v) is 5.62. The van der Waals surface area contributed by atoms with Gasteiger partial charge in [-0.3, -0.25) is 0 Å². The van der Waals surface area contributed by atoms with Crippen molar-refractivity contribution in [3.63, 3.8) is 0 Å². The molecule has 112 valence electrons. The monoisotopic (exact) mass is 277 g/mol. The predicted molar refractivity (Wildman–Crippen MR) is 82.2 cm³/mol. The van der Waals surface area contributed by atoms with E-state index in [0.717, 1.165) is 12.3 Å². The van der Waals surface area contributed by atoms with Crippen molar-refractivity contribution in [1.29, 1.82) is 0 Å². The average molecular weight is 277 g/mol. The largest absolute Gasteiger partial charge is 0.491 e. The van der Waals surface area contributed by atoms with Crippen molar-refractivity contribution in [3.8, 4) is 5.75 Å². The van der Waals surface area contributed by atoms with Crippen LogP contribution in [0.4, 0.5) is 0 Å². The fourth-order valence-corrected chi connectivity index (χ4v) is 3.23. The number of benzene rings is 1. The van der Waals surface area contributed by atoms with Crippen LogP contribution in [0.15, 0.2) is 24.3 Å². The molecule has 2 unspecified atom stereocenters. The van der Waals surface area contributed by atoms with Crippen molar-refractivity contribution in [1.82, 2.24) is 0 Å². The van der Waals surface area contributed by atoms with Gasteiger partial charge in [0, 0.05) is 7.11 Å². The van der Waals surface area contributed by atoms with Crippen molar-refractivity contribution in [2.75, 3.05) is 26.9 Å². The summed E-state index contributed by atoms with van der Waals surface area (Å²) in [6, 6.07) is 8.43. The lowest BCUT2D eigenvalue weighted by Crippen LogP contribution is -2.22. The Bertz CT molecular complexity index is 394. The number of methoxy groups -OCH3 is 1. The molecule has 3 nitrogen and oxygen atoms in total. The van der Waals surface area contributed by atoms with Crippen molar-refractivity contribution in [2.45, 2.75) is 38.0 Å². The third-order valence-corrected chi connectivity index (χ3v) is 4.33. The predicted octanol–water partition coefficient (Wildman–Crippen LogP) is 3.33. The van der Waals surface area contributed by atoms with E-state index in [2.05, 4.69) is 18.2 Å². The van der Waals surface area contributed by atoms with Gasteiger partial charge in [-0.15, -0.1) is 0 Å². The molecule has 0 radical (unpaired) electrons. The molecular weight excluding hydrogens is 250 g/mol. The average Bonchev–Trinajstić information content (AvgIpc) is 2.73. The van der Waals surface area contributed by atoms with Crippen molar-refractivity contribution >= 4 is 0 Å². The van der Waals surface area contributed by atoms with Gasteiger partial charge in [0.05, 0.1) is 6.61 Å². The molecule has 0 heterocycles. The first kappa shape index (κ1) is 15.3. The van der Waals surface area contributed by atoms with Crippen LogP contribution in [0, 0.1) is 5.92 Å². The summed E-state index contributed by atoms with van der Waals surface area (Å²) in [7, 11) is 1.70. The summed E-state index contributed by atoms with van der Waals surface area (Å²) in [6.45, 7) is 2.00. The first-order chi connectivity index (χ1) is 9.86. The molecule has 0 amide bonds. The highest BCUT2D eigenvalue weighted by Crippen LogP contribution is 2.39. The van der Waals surface area contributed by atoms with E-state index in [0.29, 0.717) is 25.0 Å². The molecule has 0 aliphatic heterocycles. The topological polar surface area (TPSA) is 44.5 Å². The van der Waals surface area contributed by atoms with Gasteiger partial charge in [0.15, 0.2) is 0 Å². The van der Waals surface area contributed by atoms with E-state index >= 15 is 0 Å². The number of hydrogen-bond acceptors (Lipinski definition) is 3. The van der Waals surface area contributed by atoms with Gasteiger partial charge in [0.2, 0.25) is 0 Å². The van der Waals surface area contributed by atoms with Gasteiger partial charge in [-0.05, 0) is 42.9 Å². The van der Waals surface area contributed by atoms with E-state index in [1.54, 1.807) is 7.11 Å². The van der Waals surface area contributed by atoms with E-state index < -0.39 is 0 Å². The number of rotatable bonds is 6. The second-order valence-electron chi connectivity index (χ2n) is 5.62. The fraction of sp³-hybridized carbons (Fsp3) is 0.647. The minimum atomic E-state index is 0.543. The molecule has 3 heteroatoms. The van der Waals surface area contributed by atoms with Crippen LogP contribution in [0.1, 0.15) is 43.6 Å². The molecule has 0 saturated heterocycles. The summed E-state index contributed by atoms with van der Waals surface area (Å²) in [6.07, 6.45) is 6.42. The minimum Gasteiger partial charge on any atom is -0.491 e. The molecule has 1 aromatic carbocycles. The van der Waals surface area contributed by atoms with Gasteiger partial charge in [-0.1, -0.05) is 37.5 Å². The molecule has 0 aromatic heterocycles. The van der Waals surface area contributed by atoms with Gasteiger partial charge in [-0.2, -0.15) is 0 Å². The summed E-state index contributed by atoms with van der Waals surface area (Å²) in [4.78, 5) is 0. The zero-order chi connectivity index (χ0) is 14.2. The van der Waals surface area contributed by atoms with E-state index in [4.69, 9.17) is 15.2 Å².